The van der Waals surface area contributed by atoms with Crippen molar-refractivity contribution in [3.05, 3.63) is 41.9 Å². The number of hydrogen-bond acceptors (Lipinski definition) is 3. The highest BCUT2D eigenvalue weighted by atomic mass is 16.3. The molecule has 0 fully saturated rings. The van der Waals surface area contributed by atoms with E-state index in [0.717, 1.165) is 22.2 Å². The van der Waals surface area contributed by atoms with Crippen molar-refractivity contribution < 1.29 is 5.11 Å². The van der Waals surface area contributed by atoms with E-state index in [1.165, 1.54) is 0 Å². The Morgan fingerprint density at radius 2 is 2.12 bits per heavy atom. The Morgan fingerprint density at radius 3 is 2.94 bits per heavy atom. The highest BCUT2D eigenvalue weighted by Crippen LogP contribution is 2.20. The van der Waals surface area contributed by atoms with Crippen LogP contribution in [-0.2, 0) is 6.61 Å². The number of aromatic nitrogens is 3. The minimum absolute atomic E-state index is 0.0462. The standard InChI is InChI=1S/C12H11N3O/c1-8-13-11-5-3-2-4-10(11)12-6-9(7-16)14-15(8)12/h2-6,16H,7H2,1H3. The topological polar surface area (TPSA) is 50.4 Å². The van der Waals surface area contributed by atoms with E-state index in [2.05, 4.69) is 10.1 Å². The van der Waals surface area contributed by atoms with E-state index in [4.69, 9.17) is 5.11 Å². The second-order valence-corrected chi connectivity index (χ2v) is 3.77. The summed E-state index contributed by atoms with van der Waals surface area (Å²) >= 11 is 0. The molecule has 2 aromatic heterocycles. The van der Waals surface area contributed by atoms with Gasteiger partial charge in [-0.25, -0.2) is 9.50 Å². The fraction of sp³-hybridized carbons (Fsp3) is 0.167. The number of aliphatic hydroxyl groups excluding tert-OH is 1. The molecule has 0 radical (unpaired) electrons. The van der Waals surface area contributed by atoms with Crippen molar-refractivity contribution in [2.45, 2.75) is 13.5 Å². The molecule has 4 nitrogen and oxygen atoms in total. The Hall–Kier alpha value is -1.94. The molecule has 0 spiro atoms. The minimum Gasteiger partial charge on any atom is -0.390 e. The average Bonchev–Trinajstić information content (AvgIpc) is 2.74. The molecule has 0 unspecified atom stereocenters. The zero-order chi connectivity index (χ0) is 11.1. The minimum atomic E-state index is -0.0462. The van der Waals surface area contributed by atoms with Crippen LogP contribution in [0.2, 0.25) is 0 Å². The number of fused-ring (bicyclic) bond motifs is 3. The molecule has 1 aromatic carbocycles. The first-order valence-electron chi connectivity index (χ1n) is 5.14. The van der Waals surface area contributed by atoms with Crippen LogP contribution in [0.25, 0.3) is 16.4 Å². The van der Waals surface area contributed by atoms with Gasteiger partial charge in [-0.3, -0.25) is 0 Å². The Kier molecular flexibility index (Phi) is 1.91. The van der Waals surface area contributed by atoms with Crippen LogP contribution >= 0.6 is 0 Å². The first-order chi connectivity index (χ1) is 7.79. The van der Waals surface area contributed by atoms with Crippen LogP contribution in [0.1, 0.15) is 11.5 Å². The molecule has 0 atom stereocenters. The molecule has 3 rings (SSSR count). The third kappa shape index (κ3) is 1.20. The van der Waals surface area contributed by atoms with Gasteiger partial charge in [-0.05, 0) is 19.1 Å². The van der Waals surface area contributed by atoms with Gasteiger partial charge in [0.05, 0.1) is 23.3 Å². The van der Waals surface area contributed by atoms with Crippen molar-refractivity contribution in [1.29, 1.82) is 0 Å². The van der Waals surface area contributed by atoms with E-state index < -0.39 is 0 Å². The summed E-state index contributed by atoms with van der Waals surface area (Å²) in [5, 5.41) is 14.4. The molecule has 0 saturated heterocycles. The lowest BCUT2D eigenvalue weighted by molar-refractivity contribution is 0.276. The van der Waals surface area contributed by atoms with Crippen LogP contribution in [0.3, 0.4) is 0 Å². The number of nitrogens with zero attached hydrogens (tertiary/aromatic N) is 3. The summed E-state index contributed by atoms with van der Waals surface area (Å²) in [5.74, 6) is 0.827. The molecule has 1 N–H and O–H groups in total. The fourth-order valence-electron chi connectivity index (χ4n) is 1.96. The van der Waals surface area contributed by atoms with Gasteiger partial charge in [0.25, 0.3) is 0 Å². The molecular weight excluding hydrogens is 202 g/mol. The maximum Gasteiger partial charge on any atom is 0.128 e. The predicted molar refractivity (Wildman–Crippen MR) is 61.2 cm³/mol. The molecular formula is C12H11N3O. The molecule has 0 aliphatic rings. The van der Waals surface area contributed by atoms with Crippen LogP contribution in [0, 0.1) is 6.92 Å². The lowest BCUT2D eigenvalue weighted by Crippen LogP contribution is -1.98. The first-order valence-corrected chi connectivity index (χ1v) is 5.14. The number of benzene rings is 1. The average molecular weight is 213 g/mol. The van der Waals surface area contributed by atoms with Crippen molar-refractivity contribution in [1.82, 2.24) is 14.6 Å². The molecule has 4 heteroatoms. The number of rotatable bonds is 1. The normalized spacial score (nSPS) is 11.4. The summed E-state index contributed by atoms with van der Waals surface area (Å²) in [6.07, 6.45) is 0. The van der Waals surface area contributed by atoms with Crippen molar-refractivity contribution in [2.24, 2.45) is 0 Å². The molecule has 2 heterocycles. The zero-order valence-corrected chi connectivity index (χ0v) is 8.88. The quantitative estimate of drug-likeness (QED) is 0.669. The molecule has 16 heavy (non-hydrogen) atoms. The summed E-state index contributed by atoms with van der Waals surface area (Å²) in [5.41, 5.74) is 2.62. The number of aliphatic hydroxyl groups is 1. The molecule has 80 valence electrons. The van der Waals surface area contributed by atoms with Crippen molar-refractivity contribution in [3.63, 3.8) is 0 Å². The SMILES string of the molecule is Cc1nc2ccccc2c2cc(CO)nn12. The second kappa shape index (κ2) is 3.28. The lowest BCUT2D eigenvalue weighted by atomic mass is 10.2. The Labute approximate surface area is 92.2 Å². The number of hydrogen-bond donors (Lipinski definition) is 1. The van der Waals surface area contributed by atoms with E-state index in [9.17, 15) is 0 Å². The van der Waals surface area contributed by atoms with Crippen molar-refractivity contribution in [2.75, 3.05) is 0 Å². The summed E-state index contributed by atoms with van der Waals surface area (Å²) in [6, 6.07) is 9.84. The third-order valence-corrected chi connectivity index (χ3v) is 2.69. The Morgan fingerprint density at radius 1 is 1.31 bits per heavy atom. The fourth-order valence-corrected chi connectivity index (χ4v) is 1.96. The Bertz CT molecular complexity index is 672. The molecule has 0 saturated carbocycles. The summed E-state index contributed by atoms with van der Waals surface area (Å²) < 4.78 is 1.77. The maximum atomic E-state index is 9.11. The molecule has 3 aromatic rings. The smallest absolute Gasteiger partial charge is 0.128 e. The van der Waals surface area contributed by atoms with Gasteiger partial charge in [0.1, 0.15) is 5.82 Å². The van der Waals surface area contributed by atoms with Crippen LogP contribution in [0.4, 0.5) is 0 Å². The summed E-state index contributed by atoms with van der Waals surface area (Å²) in [6.45, 7) is 1.86. The van der Waals surface area contributed by atoms with Gasteiger partial charge in [-0.2, -0.15) is 5.10 Å². The van der Waals surface area contributed by atoms with E-state index in [-0.39, 0.29) is 6.61 Å². The number of aryl methyl sites for hydroxylation is 1. The zero-order valence-electron chi connectivity index (χ0n) is 8.88. The molecule has 0 amide bonds. The van der Waals surface area contributed by atoms with Crippen molar-refractivity contribution in [3.8, 4) is 0 Å². The highest BCUT2D eigenvalue weighted by Gasteiger charge is 2.07. The number of para-hydroxylation sites is 1. The van der Waals surface area contributed by atoms with Gasteiger partial charge in [0, 0.05) is 5.39 Å². The largest absolute Gasteiger partial charge is 0.390 e. The van der Waals surface area contributed by atoms with E-state index in [1.807, 2.05) is 37.3 Å². The van der Waals surface area contributed by atoms with Crippen LogP contribution in [0.5, 0.6) is 0 Å². The predicted octanol–water partition coefficient (Wildman–Crippen LogP) is 1.68. The maximum absolute atomic E-state index is 9.11. The van der Waals surface area contributed by atoms with Gasteiger partial charge in [-0.15, -0.1) is 0 Å². The summed E-state index contributed by atoms with van der Waals surface area (Å²) in [7, 11) is 0. The highest BCUT2D eigenvalue weighted by molar-refractivity contribution is 5.93. The first kappa shape index (κ1) is 9.30. The van der Waals surface area contributed by atoms with Gasteiger partial charge in [-0.1, -0.05) is 18.2 Å². The second-order valence-electron chi connectivity index (χ2n) is 3.77. The summed E-state index contributed by atoms with van der Waals surface area (Å²) in [4.78, 5) is 4.47. The van der Waals surface area contributed by atoms with Crippen LogP contribution in [0.15, 0.2) is 30.3 Å². The van der Waals surface area contributed by atoms with E-state index in [1.54, 1.807) is 4.52 Å². The third-order valence-electron chi connectivity index (χ3n) is 2.69. The van der Waals surface area contributed by atoms with Crippen molar-refractivity contribution >= 4 is 16.4 Å². The Balaban J connectivity index is 2.52. The van der Waals surface area contributed by atoms with Gasteiger partial charge in [0.15, 0.2) is 0 Å². The van der Waals surface area contributed by atoms with E-state index >= 15 is 0 Å². The van der Waals surface area contributed by atoms with Gasteiger partial charge in [0.2, 0.25) is 0 Å². The monoisotopic (exact) mass is 213 g/mol. The molecule has 0 aliphatic carbocycles. The van der Waals surface area contributed by atoms with E-state index in [0.29, 0.717) is 5.69 Å². The van der Waals surface area contributed by atoms with Gasteiger partial charge < -0.3 is 5.11 Å². The van der Waals surface area contributed by atoms with Crippen LogP contribution in [-0.4, -0.2) is 19.7 Å². The lowest BCUT2D eigenvalue weighted by Gasteiger charge is -2.02. The van der Waals surface area contributed by atoms with Crippen LogP contribution < -0.4 is 0 Å². The van der Waals surface area contributed by atoms with Gasteiger partial charge >= 0.3 is 0 Å². The molecule has 0 bridgehead atoms. The molecule has 0 aliphatic heterocycles.